The molecular formula is C18H13FN8O. The van der Waals surface area contributed by atoms with E-state index >= 15 is 0 Å². The van der Waals surface area contributed by atoms with Crippen molar-refractivity contribution in [1.29, 1.82) is 0 Å². The van der Waals surface area contributed by atoms with Gasteiger partial charge in [-0.25, -0.2) is 14.4 Å². The Labute approximate surface area is 156 Å². The van der Waals surface area contributed by atoms with E-state index in [9.17, 15) is 9.50 Å². The Morgan fingerprint density at radius 3 is 2.64 bits per heavy atom. The lowest BCUT2D eigenvalue weighted by molar-refractivity contribution is 0.276. The number of rotatable bonds is 3. The maximum Gasteiger partial charge on any atom is 0.222 e. The number of nitrogens with zero attached hydrogens (tertiary/aromatic N) is 7. The SMILES string of the molecule is Nc1nc(-c2ccc(F)cc2)c(-c2ccc3ncc(CO)n3c2)n2nnnc12. The standard InChI is InChI=1S/C18H13FN8O/c19-12-4-1-10(2-5-12)15-16(27-18(17(20)22-15)23-24-25-27)11-3-6-14-21-7-13(9-28)26(14)8-11/h1-8,28H,9H2,(H2,20,22). The van der Waals surface area contributed by atoms with Crippen molar-refractivity contribution in [3.8, 4) is 22.5 Å². The van der Waals surface area contributed by atoms with Crippen LogP contribution in [0, 0.1) is 5.82 Å². The van der Waals surface area contributed by atoms with Crippen LogP contribution < -0.4 is 5.73 Å². The van der Waals surface area contributed by atoms with Gasteiger partial charge in [0.25, 0.3) is 0 Å². The van der Waals surface area contributed by atoms with Gasteiger partial charge in [0.05, 0.1) is 24.2 Å². The summed E-state index contributed by atoms with van der Waals surface area (Å²) < 4.78 is 16.7. The first-order valence-electron chi connectivity index (χ1n) is 8.36. The van der Waals surface area contributed by atoms with Crippen molar-refractivity contribution < 1.29 is 9.50 Å². The molecule has 0 aliphatic rings. The topological polar surface area (TPSA) is 120 Å². The Kier molecular flexibility index (Phi) is 3.52. The molecule has 3 N–H and O–H groups in total. The molecule has 0 unspecified atom stereocenters. The van der Waals surface area contributed by atoms with Gasteiger partial charge in [-0.1, -0.05) is 0 Å². The second-order valence-electron chi connectivity index (χ2n) is 6.17. The summed E-state index contributed by atoms with van der Waals surface area (Å²) >= 11 is 0. The molecule has 5 rings (SSSR count). The van der Waals surface area contributed by atoms with Crippen molar-refractivity contribution in [2.45, 2.75) is 6.61 Å². The molecule has 28 heavy (non-hydrogen) atoms. The number of nitrogens with two attached hydrogens (primary N) is 1. The molecule has 138 valence electrons. The fourth-order valence-corrected chi connectivity index (χ4v) is 3.18. The maximum atomic E-state index is 13.4. The molecule has 9 nitrogen and oxygen atoms in total. The lowest BCUT2D eigenvalue weighted by Crippen LogP contribution is -2.06. The molecule has 0 bridgehead atoms. The highest BCUT2D eigenvalue weighted by Gasteiger charge is 2.19. The number of pyridine rings is 1. The van der Waals surface area contributed by atoms with Crippen molar-refractivity contribution >= 4 is 17.1 Å². The zero-order valence-electron chi connectivity index (χ0n) is 14.4. The third-order valence-corrected chi connectivity index (χ3v) is 4.50. The molecule has 0 amide bonds. The molecule has 10 heteroatoms. The van der Waals surface area contributed by atoms with Crippen LogP contribution in [0.1, 0.15) is 5.69 Å². The number of aromatic nitrogens is 7. The number of imidazole rings is 1. The van der Waals surface area contributed by atoms with Crippen LogP contribution in [0.4, 0.5) is 10.2 Å². The minimum Gasteiger partial charge on any atom is -0.390 e. The summed E-state index contributed by atoms with van der Waals surface area (Å²) in [6, 6.07) is 9.60. The number of aliphatic hydroxyl groups excluding tert-OH is 1. The van der Waals surface area contributed by atoms with Crippen molar-refractivity contribution in [1.82, 2.24) is 34.4 Å². The van der Waals surface area contributed by atoms with Crippen molar-refractivity contribution in [2.24, 2.45) is 0 Å². The molecule has 1 aromatic carbocycles. The first-order chi connectivity index (χ1) is 13.7. The van der Waals surface area contributed by atoms with Gasteiger partial charge < -0.3 is 15.2 Å². The molecule has 0 radical (unpaired) electrons. The van der Waals surface area contributed by atoms with Crippen LogP contribution in [0.5, 0.6) is 0 Å². The molecule has 0 spiro atoms. The van der Waals surface area contributed by atoms with Gasteiger partial charge in [-0.05, 0) is 46.8 Å². The van der Waals surface area contributed by atoms with Gasteiger partial charge in [-0.3, -0.25) is 0 Å². The third kappa shape index (κ3) is 2.39. The van der Waals surface area contributed by atoms with E-state index in [0.717, 1.165) is 5.56 Å². The van der Waals surface area contributed by atoms with Gasteiger partial charge in [0.2, 0.25) is 5.65 Å². The number of fused-ring (bicyclic) bond motifs is 2. The minimum absolute atomic E-state index is 0.157. The van der Waals surface area contributed by atoms with Crippen LogP contribution in [0.15, 0.2) is 48.8 Å². The smallest absolute Gasteiger partial charge is 0.222 e. The summed E-state index contributed by atoms with van der Waals surface area (Å²) in [5, 5.41) is 21.3. The number of aliphatic hydroxyl groups is 1. The number of benzene rings is 1. The fraction of sp³-hybridized carbons (Fsp3) is 0.0556. The molecule has 0 aliphatic heterocycles. The van der Waals surface area contributed by atoms with Crippen molar-refractivity contribution in [3.05, 3.63) is 60.3 Å². The van der Waals surface area contributed by atoms with Gasteiger partial charge in [-0.2, -0.15) is 4.52 Å². The molecule has 0 atom stereocenters. The molecular weight excluding hydrogens is 363 g/mol. The Hall–Kier alpha value is -3.92. The maximum absolute atomic E-state index is 13.4. The van der Waals surface area contributed by atoms with Crippen molar-refractivity contribution in [3.63, 3.8) is 0 Å². The largest absolute Gasteiger partial charge is 0.390 e. The van der Waals surface area contributed by atoms with Crippen LogP contribution in [0.3, 0.4) is 0 Å². The lowest BCUT2D eigenvalue weighted by atomic mass is 10.0. The highest BCUT2D eigenvalue weighted by Crippen LogP contribution is 2.32. The highest BCUT2D eigenvalue weighted by molar-refractivity contribution is 5.82. The number of hydrogen-bond donors (Lipinski definition) is 2. The van der Waals surface area contributed by atoms with E-state index in [-0.39, 0.29) is 18.2 Å². The minimum atomic E-state index is -0.353. The monoisotopic (exact) mass is 376 g/mol. The molecule has 5 aromatic rings. The Morgan fingerprint density at radius 1 is 1.07 bits per heavy atom. The van der Waals surface area contributed by atoms with Gasteiger partial charge >= 0.3 is 0 Å². The second kappa shape index (κ2) is 6.06. The van der Waals surface area contributed by atoms with Gasteiger partial charge in [0.1, 0.15) is 17.2 Å². The second-order valence-corrected chi connectivity index (χ2v) is 6.17. The van der Waals surface area contributed by atoms with E-state index in [2.05, 4.69) is 25.5 Å². The zero-order valence-corrected chi connectivity index (χ0v) is 14.4. The summed E-state index contributed by atoms with van der Waals surface area (Å²) in [7, 11) is 0. The first-order valence-corrected chi connectivity index (χ1v) is 8.36. The zero-order chi connectivity index (χ0) is 19.3. The number of hydrogen-bond acceptors (Lipinski definition) is 7. The van der Waals surface area contributed by atoms with Crippen LogP contribution in [0.2, 0.25) is 0 Å². The van der Waals surface area contributed by atoms with Gasteiger partial charge in [0.15, 0.2) is 5.82 Å². The Morgan fingerprint density at radius 2 is 1.86 bits per heavy atom. The van der Waals surface area contributed by atoms with Crippen LogP contribution >= 0.6 is 0 Å². The predicted molar refractivity (Wildman–Crippen MR) is 98.5 cm³/mol. The number of halogens is 1. The molecule has 0 saturated carbocycles. The normalized spacial score (nSPS) is 11.5. The average Bonchev–Trinajstić information content (AvgIpc) is 3.35. The van der Waals surface area contributed by atoms with Gasteiger partial charge in [0, 0.05) is 17.3 Å². The van der Waals surface area contributed by atoms with E-state index in [4.69, 9.17) is 5.73 Å². The molecule has 0 saturated heterocycles. The van der Waals surface area contributed by atoms with Crippen LogP contribution in [0.25, 0.3) is 33.8 Å². The summed E-state index contributed by atoms with van der Waals surface area (Å²) in [6.07, 6.45) is 3.42. The Bertz CT molecular complexity index is 1330. The number of anilines is 1. The molecule has 4 aromatic heterocycles. The fourth-order valence-electron chi connectivity index (χ4n) is 3.18. The summed E-state index contributed by atoms with van der Waals surface area (Å²) in [4.78, 5) is 8.74. The Balaban J connectivity index is 1.85. The lowest BCUT2D eigenvalue weighted by Gasteiger charge is -2.12. The molecule has 4 heterocycles. The average molecular weight is 376 g/mol. The quantitative estimate of drug-likeness (QED) is 0.492. The third-order valence-electron chi connectivity index (χ3n) is 4.50. The summed E-state index contributed by atoms with van der Waals surface area (Å²) in [5.74, 6) is -0.193. The van der Waals surface area contributed by atoms with E-state index in [1.165, 1.54) is 16.6 Å². The van der Waals surface area contributed by atoms with E-state index < -0.39 is 0 Å². The van der Waals surface area contributed by atoms with E-state index in [1.807, 2.05) is 18.3 Å². The number of tetrazole rings is 1. The van der Waals surface area contributed by atoms with E-state index in [0.29, 0.717) is 33.9 Å². The van der Waals surface area contributed by atoms with Crippen molar-refractivity contribution in [2.75, 3.05) is 5.73 Å². The van der Waals surface area contributed by atoms with Gasteiger partial charge in [-0.15, -0.1) is 5.10 Å². The summed E-state index contributed by atoms with van der Waals surface area (Å²) in [6.45, 7) is -0.157. The van der Waals surface area contributed by atoms with E-state index in [1.54, 1.807) is 22.7 Å². The summed E-state index contributed by atoms with van der Waals surface area (Å²) in [5.41, 5.74) is 10.1. The first kappa shape index (κ1) is 16.3. The predicted octanol–water partition coefficient (Wildman–Crippen LogP) is 1.71. The number of nitrogen functional groups attached to an aromatic ring is 1. The highest BCUT2D eigenvalue weighted by atomic mass is 19.1. The molecule has 0 aliphatic carbocycles. The van der Waals surface area contributed by atoms with Crippen LogP contribution in [-0.4, -0.2) is 39.5 Å². The van der Waals surface area contributed by atoms with Crippen LogP contribution in [-0.2, 0) is 6.61 Å². The molecule has 0 fully saturated rings.